The standard InChI is InChI=1S/C22H18ClN3O3/c23-14-6-8-15(9-7-14)24-21(27)20-16-11-26(12-17(16)20)22(28)18-10-19(29-25-18)13-4-2-1-3-5-13/h1-10,16-17,20H,11-12H2,(H,24,27). The molecule has 1 aromatic heterocycles. The fourth-order valence-electron chi connectivity index (χ4n) is 4.12. The van der Waals surface area contributed by atoms with Crippen molar-refractivity contribution in [3.63, 3.8) is 0 Å². The third kappa shape index (κ3) is 3.40. The second-order valence-electron chi connectivity index (χ2n) is 7.50. The van der Waals surface area contributed by atoms with Gasteiger partial charge in [0.2, 0.25) is 5.91 Å². The molecule has 0 bridgehead atoms. The Labute approximate surface area is 172 Å². The third-order valence-corrected chi connectivity index (χ3v) is 5.94. The van der Waals surface area contributed by atoms with Gasteiger partial charge in [-0.25, -0.2) is 0 Å². The van der Waals surface area contributed by atoms with Crippen LogP contribution < -0.4 is 5.32 Å². The highest BCUT2D eigenvalue weighted by Gasteiger charge is 2.60. The van der Waals surface area contributed by atoms with Crippen molar-refractivity contribution < 1.29 is 14.1 Å². The second-order valence-corrected chi connectivity index (χ2v) is 7.94. The predicted molar refractivity (Wildman–Crippen MR) is 108 cm³/mol. The Morgan fingerprint density at radius 3 is 2.41 bits per heavy atom. The van der Waals surface area contributed by atoms with E-state index in [-0.39, 0.29) is 29.6 Å². The maximum Gasteiger partial charge on any atom is 0.276 e. The highest BCUT2D eigenvalue weighted by molar-refractivity contribution is 6.30. The molecular weight excluding hydrogens is 390 g/mol. The summed E-state index contributed by atoms with van der Waals surface area (Å²) in [6.45, 7) is 1.13. The van der Waals surface area contributed by atoms with Crippen LogP contribution in [0.2, 0.25) is 5.02 Å². The van der Waals surface area contributed by atoms with Gasteiger partial charge in [-0.15, -0.1) is 0 Å². The third-order valence-electron chi connectivity index (χ3n) is 5.68. The van der Waals surface area contributed by atoms with Crippen molar-refractivity contribution in [1.82, 2.24) is 10.1 Å². The molecule has 5 rings (SSSR count). The first-order chi connectivity index (χ1) is 14.1. The molecule has 1 N–H and O–H groups in total. The number of rotatable bonds is 4. The van der Waals surface area contributed by atoms with Gasteiger partial charge in [0.25, 0.3) is 5.91 Å². The van der Waals surface area contributed by atoms with Gasteiger partial charge in [0, 0.05) is 41.3 Å². The van der Waals surface area contributed by atoms with Gasteiger partial charge >= 0.3 is 0 Å². The molecule has 2 amide bonds. The molecule has 2 aliphatic rings. The molecule has 146 valence electrons. The number of hydrogen-bond acceptors (Lipinski definition) is 4. The van der Waals surface area contributed by atoms with Crippen LogP contribution in [0.5, 0.6) is 0 Å². The molecule has 2 aromatic carbocycles. The predicted octanol–water partition coefficient (Wildman–Crippen LogP) is 3.95. The molecule has 2 fully saturated rings. The molecule has 2 heterocycles. The average molecular weight is 408 g/mol. The van der Waals surface area contributed by atoms with Gasteiger partial charge in [-0.2, -0.15) is 0 Å². The lowest BCUT2D eigenvalue weighted by molar-refractivity contribution is -0.118. The van der Waals surface area contributed by atoms with Crippen LogP contribution in [-0.2, 0) is 4.79 Å². The fourth-order valence-corrected chi connectivity index (χ4v) is 4.24. The Hall–Kier alpha value is -3.12. The number of piperidine rings is 1. The van der Waals surface area contributed by atoms with Crippen LogP contribution >= 0.6 is 11.6 Å². The summed E-state index contributed by atoms with van der Waals surface area (Å²) in [7, 11) is 0. The Morgan fingerprint density at radius 2 is 1.72 bits per heavy atom. The first-order valence-electron chi connectivity index (χ1n) is 9.48. The summed E-state index contributed by atoms with van der Waals surface area (Å²) in [5, 5.41) is 7.49. The molecule has 3 aromatic rings. The summed E-state index contributed by atoms with van der Waals surface area (Å²) in [4.78, 5) is 27.0. The molecule has 2 atom stereocenters. The van der Waals surface area contributed by atoms with Crippen molar-refractivity contribution >= 4 is 29.1 Å². The Balaban J connectivity index is 1.19. The fraction of sp³-hybridized carbons (Fsp3) is 0.227. The minimum Gasteiger partial charge on any atom is -0.355 e. The maximum absolute atomic E-state index is 12.7. The van der Waals surface area contributed by atoms with E-state index in [1.165, 1.54) is 0 Å². The molecule has 2 unspecified atom stereocenters. The van der Waals surface area contributed by atoms with Gasteiger partial charge in [0.15, 0.2) is 11.5 Å². The molecule has 7 heteroatoms. The Kier molecular flexibility index (Phi) is 4.36. The number of amides is 2. The number of fused-ring (bicyclic) bond motifs is 1. The van der Waals surface area contributed by atoms with Gasteiger partial charge in [0.1, 0.15) is 0 Å². The highest BCUT2D eigenvalue weighted by Crippen LogP contribution is 2.52. The monoisotopic (exact) mass is 407 g/mol. The van der Waals surface area contributed by atoms with Gasteiger partial charge in [-0.3, -0.25) is 9.59 Å². The van der Waals surface area contributed by atoms with Crippen LogP contribution in [0.15, 0.2) is 65.2 Å². The zero-order valence-electron chi connectivity index (χ0n) is 15.4. The van der Waals surface area contributed by atoms with E-state index in [1.54, 1.807) is 35.2 Å². The molecule has 0 radical (unpaired) electrons. The van der Waals surface area contributed by atoms with Gasteiger partial charge in [-0.1, -0.05) is 47.1 Å². The summed E-state index contributed by atoms with van der Waals surface area (Å²) in [6.07, 6.45) is 0. The van der Waals surface area contributed by atoms with Crippen LogP contribution in [0.1, 0.15) is 10.5 Å². The molecule has 1 aliphatic heterocycles. The van der Waals surface area contributed by atoms with Crippen molar-refractivity contribution in [3.05, 3.63) is 71.4 Å². The van der Waals surface area contributed by atoms with E-state index < -0.39 is 0 Å². The number of aromatic nitrogens is 1. The lowest BCUT2D eigenvalue weighted by Crippen LogP contribution is -2.33. The maximum atomic E-state index is 12.7. The van der Waals surface area contributed by atoms with Crippen molar-refractivity contribution in [2.24, 2.45) is 17.8 Å². The summed E-state index contributed by atoms with van der Waals surface area (Å²) in [5.74, 6) is 0.770. The number of likely N-dealkylation sites (tertiary alicyclic amines) is 1. The SMILES string of the molecule is O=C(Nc1ccc(Cl)cc1)C1C2CN(C(=O)c3cc(-c4ccccc4)on3)CC21. The number of nitrogens with zero attached hydrogens (tertiary/aromatic N) is 2. The summed E-state index contributed by atoms with van der Waals surface area (Å²) in [5.41, 5.74) is 1.91. The molecule has 1 saturated heterocycles. The summed E-state index contributed by atoms with van der Waals surface area (Å²) >= 11 is 5.87. The van der Waals surface area contributed by atoms with Gasteiger partial charge in [-0.05, 0) is 36.1 Å². The van der Waals surface area contributed by atoms with Gasteiger partial charge < -0.3 is 14.7 Å². The average Bonchev–Trinajstić information content (AvgIpc) is 3.11. The molecular formula is C22H18ClN3O3. The minimum absolute atomic E-state index is 0.00206. The molecule has 1 aliphatic carbocycles. The van der Waals surface area contributed by atoms with Crippen molar-refractivity contribution in [2.75, 3.05) is 18.4 Å². The number of halogens is 1. The van der Waals surface area contributed by atoms with Crippen molar-refractivity contribution in [1.29, 1.82) is 0 Å². The number of anilines is 1. The first-order valence-corrected chi connectivity index (χ1v) is 9.86. The number of hydrogen-bond donors (Lipinski definition) is 1. The Bertz CT molecular complexity index is 1050. The van der Waals surface area contributed by atoms with Crippen LogP contribution in [0.4, 0.5) is 5.69 Å². The van der Waals surface area contributed by atoms with Gasteiger partial charge in [0.05, 0.1) is 0 Å². The van der Waals surface area contributed by atoms with E-state index in [1.807, 2.05) is 30.3 Å². The molecule has 6 nitrogen and oxygen atoms in total. The first kappa shape index (κ1) is 17.9. The van der Waals surface area contributed by atoms with Crippen LogP contribution in [0.3, 0.4) is 0 Å². The summed E-state index contributed by atoms with van der Waals surface area (Å²) in [6, 6.07) is 18.3. The zero-order chi connectivity index (χ0) is 20.0. The van der Waals surface area contributed by atoms with E-state index >= 15 is 0 Å². The molecule has 1 saturated carbocycles. The number of benzene rings is 2. The van der Waals surface area contributed by atoms with Crippen molar-refractivity contribution in [3.8, 4) is 11.3 Å². The quantitative estimate of drug-likeness (QED) is 0.710. The number of nitrogens with one attached hydrogen (secondary N) is 1. The summed E-state index contributed by atoms with van der Waals surface area (Å²) < 4.78 is 5.33. The van der Waals surface area contributed by atoms with E-state index in [0.717, 1.165) is 11.3 Å². The lowest BCUT2D eigenvalue weighted by atomic mass is 10.1. The lowest BCUT2D eigenvalue weighted by Gasteiger charge is -2.18. The van der Waals surface area contributed by atoms with Crippen LogP contribution in [-0.4, -0.2) is 35.0 Å². The normalized spacial score (nSPS) is 22.2. The number of carbonyl (C=O) groups is 2. The molecule has 0 spiro atoms. The highest BCUT2D eigenvalue weighted by atomic mass is 35.5. The van der Waals surface area contributed by atoms with Crippen LogP contribution in [0, 0.1) is 17.8 Å². The number of carbonyl (C=O) groups excluding carboxylic acids is 2. The van der Waals surface area contributed by atoms with E-state index in [0.29, 0.717) is 29.6 Å². The van der Waals surface area contributed by atoms with E-state index in [9.17, 15) is 9.59 Å². The largest absolute Gasteiger partial charge is 0.355 e. The van der Waals surface area contributed by atoms with E-state index in [2.05, 4.69) is 10.5 Å². The Morgan fingerprint density at radius 1 is 1.03 bits per heavy atom. The smallest absolute Gasteiger partial charge is 0.276 e. The minimum atomic E-state index is -0.153. The topological polar surface area (TPSA) is 75.4 Å². The second kappa shape index (κ2) is 7.04. The van der Waals surface area contributed by atoms with E-state index in [4.69, 9.17) is 16.1 Å². The zero-order valence-corrected chi connectivity index (χ0v) is 16.2. The molecule has 29 heavy (non-hydrogen) atoms. The van der Waals surface area contributed by atoms with Crippen molar-refractivity contribution in [2.45, 2.75) is 0 Å². The van der Waals surface area contributed by atoms with Crippen LogP contribution in [0.25, 0.3) is 11.3 Å².